The molecule has 4 rings (SSSR count). The Balaban J connectivity index is 1.49. The maximum Gasteiger partial charge on any atom is 0.328 e. The largest absolute Gasteiger partial charge is 0.481 e. The summed E-state index contributed by atoms with van der Waals surface area (Å²) in [6.45, 7) is 2.35. The Hall–Kier alpha value is -2.65. The molecule has 2 amide bonds. The lowest BCUT2D eigenvalue weighted by atomic mass is 10.1. The average molecular weight is 471 g/mol. The van der Waals surface area contributed by atoms with Gasteiger partial charge in [0.25, 0.3) is 0 Å². The molecule has 9 heteroatoms. The van der Waals surface area contributed by atoms with E-state index in [1.807, 2.05) is 35.2 Å². The lowest BCUT2D eigenvalue weighted by molar-refractivity contribution is -0.140. The van der Waals surface area contributed by atoms with Crippen LogP contribution < -0.4 is 10.2 Å². The number of carbonyl (C=O) groups is 2. The summed E-state index contributed by atoms with van der Waals surface area (Å²) in [4.78, 5) is 34.8. The Kier molecular flexibility index (Phi) is 7.26. The van der Waals surface area contributed by atoms with E-state index in [4.69, 9.17) is 5.11 Å². The highest BCUT2D eigenvalue weighted by Gasteiger charge is 2.24. The van der Waals surface area contributed by atoms with Crippen molar-refractivity contribution in [2.75, 3.05) is 22.5 Å². The van der Waals surface area contributed by atoms with Crippen LogP contribution in [0.4, 0.5) is 15.6 Å². The van der Waals surface area contributed by atoms with Crippen LogP contribution in [0.2, 0.25) is 0 Å². The van der Waals surface area contributed by atoms with Crippen LogP contribution in [0.5, 0.6) is 0 Å². The molecular formula is C23H26N4O3S2. The van der Waals surface area contributed by atoms with Crippen LogP contribution in [-0.4, -0.2) is 39.4 Å². The molecule has 1 atom stereocenters. The van der Waals surface area contributed by atoms with E-state index in [9.17, 15) is 9.59 Å². The number of amides is 2. The number of nitrogens with one attached hydrogen (secondary N) is 1. The summed E-state index contributed by atoms with van der Waals surface area (Å²) in [6.07, 6.45) is 8.15. The van der Waals surface area contributed by atoms with Crippen molar-refractivity contribution in [1.82, 2.24) is 9.97 Å². The molecule has 1 aromatic carbocycles. The minimum Gasteiger partial charge on any atom is -0.481 e. The van der Waals surface area contributed by atoms with Gasteiger partial charge in [0.2, 0.25) is 0 Å². The first-order valence-electron chi connectivity index (χ1n) is 10.7. The first-order chi connectivity index (χ1) is 15.5. The number of rotatable bonds is 8. The SMILES string of the molecule is CC(CSc1cnc(NC(=O)N(CC2CCCC2)c2ccc3ncccc3c2)s1)C(=O)O. The van der Waals surface area contributed by atoms with Gasteiger partial charge in [0.05, 0.1) is 21.8 Å². The molecule has 2 heterocycles. The maximum absolute atomic E-state index is 13.3. The van der Waals surface area contributed by atoms with E-state index >= 15 is 0 Å². The Bertz CT molecular complexity index is 1100. The zero-order valence-electron chi connectivity index (χ0n) is 17.9. The fourth-order valence-electron chi connectivity index (χ4n) is 3.81. The van der Waals surface area contributed by atoms with Crippen LogP contribution in [0.25, 0.3) is 10.9 Å². The smallest absolute Gasteiger partial charge is 0.328 e. The highest BCUT2D eigenvalue weighted by Crippen LogP contribution is 2.32. The number of carbonyl (C=O) groups excluding carboxylic acids is 1. The molecule has 0 saturated heterocycles. The van der Waals surface area contributed by atoms with Crippen LogP contribution in [0.1, 0.15) is 32.6 Å². The molecule has 0 aliphatic heterocycles. The van der Waals surface area contributed by atoms with E-state index in [2.05, 4.69) is 15.3 Å². The van der Waals surface area contributed by atoms with Crippen molar-refractivity contribution in [2.24, 2.45) is 11.8 Å². The minimum atomic E-state index is -0.816. The fraction of sp³-hybridized carbons (Fsp3) is 0.391. The topological polar surface area (TPSA) is 95.4 Å². The quantitative estimate of drug-likeness (QED) is 0.408. The zero-order chi connectivity index (χ0) is 22.5. The van der Waals surface area contributed by atoms with Crippen LogP contribution in [0.3, 0.4) is 0 Å². The minimum absolute atomic E-state index is 0.204. The van der Waals surface area contributed by atoms with Crippen molar-refractivity contribution in [3.63, 3.8) is 0 Å². The van der Waals surface area contributed by atoms with Gasteiger partial charge in [-0.25, -0.2) is 9.78 Å². The molecule has 2 aromatic heterocycles. The number of urea groups is 1. The van der Waals surface area contributed by atoms with Crippen molar-refractivity contribution in [3.8, 4) is 0 Å². The van der Waals surface area contributed by atoms with Crippen molar-refractivity contribution >= 4 is 56.8 Å². The van der Waals surface area contributed by atoms with Crippen molar-refractivity contribution in [2.45, 2.75) is 36.8 Å². The molecule has 1 unspecified atom stereocenters. The molecule has 2 N–H and O–H groups in total. The molecule has 7 nitrogen and oxygen atoms in total. The molecule has 1 saturated carbocycles. The van der Waals surface area contributed by atoms with Gasteiger partial charge in [-0.2, -0.15) is 0 Å². The maximum atomic E-state index is 13.3. The molecule has 32 heavy (non-hydrogen) atoms. The number of carboxylic acids is 1. The Labute approximate surface area is 195 Å². The van der Waals surface area contributed by atoms with Gasteiger partial charge in [0.15, 0.2) is 5.13 Å². The molecule has 1 aliphatic carbocycles. The number of fused-ring (bicyclic) bond motifs is 1. The summed E-state index contributed by atoms with van der Waals surface area (Å²) in [5.74, 6) is -0.303. The normalized spacial score (nSPS) is 15.0. The van der Waals surface area contributed by atoms with Crippen molar-refractivity contribution in [3.05, 3.63) is 42.7 Å². The number of nitrogens with zero attached hydrogens (tertiary/aromatic N) is 3. The lowest BCUT2D eigenvalue weighted by Gasteiger charge is -2.26. The van der Waals surface area contributed by atoms with Gasteiger partial charge in [-0.15, -0.1) is 11.8 Å². The van der Waals surface area contributed by atoms with E-state index in [0.717, 1.165) is 33.6 Å². The van der Waals surface area contributed by atoms with Crippen molar-refractivity contribution < 1.29 is 14.7 Å². The number of hydrogen-bond donors (Lipinski definition) is 2. The molecule has 0 bridgehead atoms. The average Bonchev–Trinajstić information content (AvgIpc) is 3.47. The lowest BCUT2D eigenvalue weighted by Crippen LogP contribution is -2.38. The van der Waals surface area contributed by atoms with Gasteiger partial charge in [0.1, 0.15) is 0 Å². The number of benzene rings is 1. The number of pyridine rings is 1. The highest BCUT2D eigenvalue weighted by molar-refractivity contribution is 8.01. The summed E-state index contributed by atoms with van der Waals surface area (Å²) in [7, 11) is 0. The van der Waals surface area contributed by atoms with Gasteiger partial charge in [-0.05, 0) is 43.0 Å². The molecular weight excluding hydrogens is 444 g/mol. The van der Waals surface area contributed by atoms with Gasteiger partial charge in [0, 0.05) is 29.6 Å². The second-order valence-electron chi connectivity index (χ2n) is 8.11. The number of anilines is 2. The third-order valence-electron chi connectivity index (χ3n) is 5.65. The highest BCUT2D eigenvalue weighted by atomic mass is 32.2. The predicted molar refractivity (Wildman–Crippen MR) is 130 cm³/mol. The van der Waals surface area contributed by atoms with Gasteiger partial charge < -0.3 is 5.11 Å². The molecule has 3 aromatic rings. The monoisotopic (exact) mass is 470 g/mol. The number of hydrogen-bond acceptors (Lipinski definition) is 6. The third kappa shape index (κ3) is 5.58. The Morgan fingerprint density at radius 3 is 2.88 bits per heavy atom. The zero-order valence-corrected chi connectivity index (χ0v) is 19.5. The Morgan fingerprint density at radius 2 is 2.09 bits per heavy atom. The number of aliphatic carboxylic acids is 1. The molecule has 0 radical (unpaired) electrons. The van der Waals surface area contributed by atoms with Crippen molar-refractivity contribution in [1.29, 1.82) is 0 Å². The molecule has 1 aliphatic rings. The molecule has 1 fully saturated rings. The first kappa shape index (κ1) is 22.5. The standard InChI is InChI=1S/C23H26N4O3S2/c1-15(21(28)29)14-31-20-12-25-22(32-20)26-23(30)27(13-16-5-2-3-6-16)18-8-9-19-17(11-18)7-4-10-24-19/h4,7-12,15-16H,2-3,5-6,13-14H2,1H3,(H,28,29)(H,25,26,30). The second kappa shape index (κ2) is 10.3. The summed E-state index contributed by atoms with van der Waals surface area (Å²) in [6, 6.07) is 9.59. The van der Waals surface area contributed by atoms with Gasteiger partial charge >= 0.3 is 12.0 Å². The Morgan fingerprint density at radius 1 is 1.28 bits per heavy atom. The van der Waals surface area contributed by atoms with E-state index in [0.29, 0.717) is 23.3 Å². The van der Waals surface area contributed by atoms with E-state index in [-0.39, 0.29) is 6.03 Å². The summed E-state index contributed by atoms with van der Waals surface area (Å²) in [5, 5.41) is 13.5. The van der Waals surface area contributed by atoms with E-state index in [1.165, 1.54) is 35.9 Å². The third-order valence-corrected chi connectivity index (χ3v) is 8.02. The number of carboxylic acid groups (broad SMARTS) is 1. The fourth-order valence-corrected chi connectivity index (χ4v) is 5.71. The summed E-state index contributed by atoms with van der Waals surface area (Å²) >= 11 is 2.80. The molecule has 168 valence electrons. The predicted octanol–water partition coefficient (Wildman–Crippen LogP) is 5.73. The second-order valence-corrected chi connectivity index (χ2v) is 10.5. The summed E-state index contributed by atoms with van der Waals surface area (Å²) < 4.78 is 0.882. The van der Waals surface area contributed by atoms with E-state index < -0.39 is 11.9 Å². The number of thiazole rings is 1. The van der Waals surface area contributed by atoms with Gasteiger partial charge in [-0.3, -0.25) is 20.0 Å². The van der Waals surface area contributed by atoms with Crippen LogP contribution >= 0.6 is 23.1 Å². The first-order valence-corrected chi connectivity index (χ1v) is 12.5. The number of thioether (sulfide) groups is 1. The van der Waals surface area contributed by atoms with Crippen LogP contribution in [0, 0.1) is 11.8 Å². The number of aromatic nitrogens is 2. The van der Waals surface area contributed by atoms with Gasteiger partial charge in [-0.1, -0.05) is 37.2 Å². The van der Waals surface area contributed by atoms with Crippen LogP contribution in [0.15, 0.2) is 46.9 Å². The van der Waals surface area contributed by atoms with Crippen LogP contribution in [-0.2, 0) is 4.79 Å². The van der Waals surface area contributed by atoms with E-state index in [1.54, 1.807) is 19.3 Å². The summed E-state index contributed by atoms with van der Waals surface area (Å²) in [5.41, 5.74) is 1.74. The molecule has 0 spiro atoms.